The lowest BCUT2D eigenvalue weighted by molar-refractivity contribution is 0.925. The Labute approximate surface area is 227 Å². The first-order valence-corrected chi connectivity index (χ1v) is 13.5. The van der Waals surface area contributed by atoms with Crippen molar-refractivity contribution in [2.24, 2.45) is 0 Å². The van der Waals surface area contributed by atoms with Crippen LogP contribution in [0.15, 0.2) is 128 Å². The summed E-state index contributed by atoms with van der Waals surface area (Å²) in [5.41, 5.74) is 13.0. The average molecular weight is 500 g/mol. The summed E-state index contributed by atoms with van der Waals surface area (Å²) in [7, 11) is 0. The summed E-state index contributed by atoms with van der Waals surface area (Å²) in [4.78, 5) is 9.54. The van der Waals surface area contributed by atoms with Crippen LogP contribution in [0.2, 0.25) is 0 Å². The van der Waals surface area contributed by atoms with Crippen molar-refractivity contribution in [2.45, 2.75) is 12.8 Å². The number of aryl methyl sites for hydroxylation is 2. The van der Waals surface area contributed by atoms with Crippen LogP contribution in [0.1, 0.15) is 11.1 Å². The van der Waals surface area contributed by atoms with Gasteiger partial charge in [0.1, 0.15) is 0 Å². The molecule has 3 heterocycles. The smallest absolute Gasteiger partial charge is 0.0737 e. The minimum absolute atomic E-state index is 0.971. The zero-order valence-corrected chi connectivity index (χ0v) is 21.4. The molecule has 1 aliphatic rings. The Hall–Kier alpha value is -5.02. The quantitative estimate of drug-likeness (QED) is 0.243. The first-order chi connectivity index (χ1) is 19.3. The maximum Gasteiger partial charge on any atom is 0.0737 e. The van der Waals surface area contributed by atoms with E-state index < -0.39 is 0 Å². The highest BCUT2D eigenvalue weighted by Gasteiger charge is 2.19. The summed E-state index contributed by atoms with van der Waals surface area (Å²) in [6, 6.07) is 41.3. The molecular weight excluding hydrogens is 474 g/mol. The molecule has 0 atom stereocenters. The highest BCUT2D eigenvalue weighted by Crippen LogP contribution is 2.38. The lowest BCUT2D eigenvalue weighted by Crippen LogP contribution is -2.06. The Morgan fingerprint density at radius 2 is 1.36 bits per heavy atom. The van der Waals surface area contributed by atoms with Crippen molar-refractivity contribution in [2.75, 3.05) is 0 Å². The van der Waals surface area contributed by atoms with Crippen LogP contribution in [0.4, 0.5) is 0 Å². The molecule has 0 radical (unpaired) electrons. The molecule has 0 saturated heterocycles. The van der Waals surface area contributed by atoms with Crippen molar-refractivity contribution in [3.05, 3.63) is 139 Å². The number of aromatic nitrogens is 3. The molecule has 0 bridgehead atoms. The summed E-state index contributed by atoms with van der Waals surface area (Å²) in [6.07, 6.45) is 5.91. The Morgan fingerprint density at radius 1 is 0.513 bits per heavy atom. The fraction of sp³-hybridized carbons (Fsp3) is 0.0556. The predicted octanol–water partition coefficient (Wildman–Crippen LogP) is 8.67. The summed E-state index contributed by atoms with van der Waals surface area (Å²) >= 11 is 0. The van der Waals surface area contributed by atoms with Gasteiger partial charge in [0.25, 0.3) is 0 Å². The second kappa shape index (κ2) is 8.78. The number of fused-ring (bicyclic) bond motifs is 6. The van der Waals surface area contributed by atoms with E-state index in [-0.39, 0.29) is 0 Å². The molecule has 0 unspecified atom stereocenters. The van der Waals surface area contributed by atoms with Gasteiger partial charge in [0.15, 0.2) is 0 Å². The average Bonchev–Trinajstić information content (AvgIpc) is 3.35. The zero-order valence-electron chi connectivity index (χ0n) is 21.4. The molecular formula is C36H25N3. The van der Waals surface area contributed by atoms with Crippen LogP contribution in [-0.4, -0.2) is 14.5 Å². The van der Waals surface area contributed by atoms with Crippen molar-refractivity contribution in [3.8, 4) is 39.3 Å². The fourth-order valence-corrected chi connectivity index (χ4v) is 6.10. The van der Waals surface area contributed by atoms with E-state index in [2.05, 4.69) is 108 Å². The first kappa shape index (κ1) is 22.0. The number of para-hydroxylation sites is 1. The van der Waals surface area contributed by atoms with Crippen LogP contribution in [0.3, 0.4) is 0 Å². The van der Waals surface area contributed by atoms with E-state index in [1.165, 1.54) is 49.6 Å². The lowest BCUT2D eigenvalue weighted by atomic mass is 9.89. The summed E-state index contributed by atoms with van der Waals surface area (Å²) < 4.78 is 2.40. The molecule has 0 saturated carbocycles. The van der Waals surface area contributed by atoms with Gasteiger partial charge in [-0.3, -0.25) is 9.97 Å². The highest BCUT2D eigenvalue weighted by molar-refractivity contribution is 6.10. The molecule has 39 heavy (non-hydrogen) atoms. The number of hydrogen-bond donors (Lipinski definition) is 0. The Bertz CT molecular complexity index is 2020. The van der Waals surface area contributed by atoms with Gasteiger partial charge in [-0.15, -0.1) is 0 Å². The van der Waals surface area contributed by atoms with E-state index in [0.29, 0.717) is 0 Å². The van der Waals surface area contributed by atoms with Crippen LogP contribution in [0, 0.1) is 0 Å². The van der Waals surface area contributed by atoms with Gasteiger partial charge in [-0.1, -0.05) is 72.8 Å². The van der Waals surface area contributed by atoms with Gasteiger partial charge >= 0.3 is 0 Å². The largest absolute Gasteiger partial charge is 0.309 e. The topological polar surface area (TPSA) is 30.7 Å². The number of nitrogens with zero attached hydrogens (tertiary/aromatic N) is 3. The first-order valence-electron chi connectivity index (χ1n) is 13.5. The number of benzene rings is 4. The fourth-order valence-electron chi connectivity index (χ4n) is 6.10. The summed E-state index contributed by atoms with van der Waals surface area (Å²) in [6.45, 7) is 0. The summed E-state index contributed by atoms with van der Waals surface area (Å²) in [5.74, 6) is 0. The molecule has 0 amide bonds. The van der Waals surface area contributed by atoms with Gasteiger partial charge in [-0.2, -0.15) is 0 Å². The zero-order chi connectivity index (χ0) is 25.8. The van der Waals surface area contributed by atoms with Gasteiger partial charge in [0.05, 0.1) is 22.4 Å². The molecule has 0 N–H and O–H groups in total. The van der Waals surface area contributed by atoms with Crippen molar-refractivity contribution < 1.29 is 0 Å². The summed E-state index contributed by atoms with van der Waals surface area (Å²) in [5, 5.41) is 2.49. The molecule has 8 rings (SSSR count). The minimum atomic E-state index is 0.971. The standard InChI is InChI=1S/C36H25N3/c1-2-7-24(8-3-1)27-18-20-37-33(21-27)28-15-17-31-30-10-4-5-11-34(30)39(35(31)22-28)29-16-14-25-12-13-26-9-6-19-38-36(26)32(25)23-29/h1-11,14-23H,12-13H2. The molecule has 184 valence electrons. The van der Waals surface area contributed by atoms with Crippen LogP contribution < -0.4 is 0 Å². The van der Waals surface area contributed by atoms with Crippen molar-refractivity contribution in [1.29, 1.82) is 0 Å². The maximum atomic E-state index is 4.78. The Morgan fingerprint density at radius 3 is 2.31 bits per heavy atom. The van der Waals surface area contributed by atoms with E-state index in [1.54, 1.807) is 0 Å². The molecule has 0 spiro atoms. The van der Waals surface area contributed by atoms with E-state index in [9.17, 15) is 0 Å². The molecule has 3 nitrogen and oxygen atoms in total. The van der Waals surface area contributed by atoms with E-state index in [0.717, 1.165) is 35.5 Å². The third-order valence-electron chi connectivity index (χ3n) is 8.00. The SMILES string of the molecule is c1ccc(-c2ccnc(-c3ccc4c5ccccc5n(-c5ccc6c(c5)-c5ncccc5CC6)c4c3)c2)cc1. The molecule has 0 fully saturated rings. The van der Waals surface area contributed by atoms with Crippen LogP contribution in [-0.2, 0) is 12.8 Å². The van der Waals surface area contributed by atoms with E-state index in [1.807, 2.05) is 24.5 Å². The van der Waals surface area contributed by atoms with Crippen molar-refractivity contribution in [3.63, 3.8) is 0 Å². The number of pyridine rings is 2. The molecule has 0 aliphatic heterocycles. The Balaban J connectivity index is 1.34. The molecule has 4 aromatic carbocycles. The maximum absolute atomic E-state index is 4.78. The third kappa shape index (κ3) is 3.58. The molecule has 7 aromatic rings. The van der Waals surface area contributed by atoms with Crippen molar-refractivity contribution in [1.82, 2.24) is 14.5 Å². The van der Waals surface area contributed by atoms with Crippen LogP contribution in [0.25, 0.3) is 61.1 Å². The molecule has 3 aromatic heterocycles. The van der Waals surface area contributed by atoms with Gasteiger partial charge < -0.3 is 4.57 Å². The van der Waals surface area contributed by atoms with Crippen LogP contribution >= 0.6 is 0 Å². The third-order valence-corrected chi connectivity index (χ3v) is 8.00. The number of hydrogen-bond acceptors (Lipinski definition) is 2. The van der Waals surface area contributed by atoms with E-state index >= 15 is 0 Å². The minimum Gasteiger partial charge on any atom is -0.309 e. The predicted molar refractivity (Wildman–Crippen MR) is 160 cm³/mol. The second-order valence-electron chi connectivity index (χ2n) is 10.2. The van der Waals surface area contributed by atoms with Gasteiger partial charge in [0, 0.05) is 40.0 Å². The Kier molecular flexibility index (Phi) is 4.95. The normalized spacial score (nSPS) is 12.4. The second-order valence-corrected chi connectivity index (χ2v) is 10.2. The van der Waals surface area contributed by atoms with Crippen molar-refractivity contribution >= 4 is 21.8 Å². The molecule has 3 heteroatoms. The lowest BCUT2D eigenvalue weighted by Gasteiger charge is -2.20. The van der Waals surface area contributed by atoms with Gasteiger partial charge in [-0.05, 0) is 77.6 Å². The highest BCUT2D eigenvalue weighted by atomic mass is 15.0. The van der Waals surface area contributed by atoms with E-state index in [4.69, 9.17) is 9.97 Å². The molecule has 1 aliphatic carbocycles. The van der Waals surface area contributed by atoms with Gasteiger partial charge in [0.2, 0.25) is 0 Å². The number of rotatable bonds is 3. The van der Waals surface area contributed by atoms with Crippen LogP contribution in [0.5, 0.6) is 0 Å². The monoisotopic (exact) mass is 499 g/mol. The van der Waals surface area contributed by atoms with Gasteiger partial charge in [-0.25, -0.2) is 0 Å².